The van der Waals surface area contributed by atoms with Crippen molar-refractivity contribution in [2.24, 2.45) is 0 Å². The second-order valence-corrected chi connectivity index (χ2v) is 5.31. The average molecular weight is 227 g/mol. The van der Waals surface area contributed by atoms with Crippen molar-refractivity contribution in [1.82, 2.24) is 4.90 Å². The molecule has 1 saturated carbocycles. The van der Waals surface area contributed by atoms with E-state index in [4.69, 9.17) is 4.74 Å². The molecule has 16 heavy (non-hydrogen) atoms. The molecule has 1 saturated heterocycles. The number of hydrogen-bond donors (Lipinski definition) is 1. The molecule has 0 bridgehead atoms. The molecule has 0 aromatic heterocycles. The van der Waals surface area contributed by atoms with Crippen LogP contribution in [0.1, 0.15) is 44.9 Å². The lowest BCUT2D eigenvalue weighted by Crippen LogP contribution is -2.47. The first kappa shape index (κ1) is 12.3. The Labute approximate surface area is 98.8 Å². The molecule has 2 aliphatic rings. The third-order valence-corrected chi connectivity index (χ3v) is 4.20. The minimum atomic E-state index is -0.133. The molecule has 3 unspecified atom stereocenters. The quantitative estimate of drug-likeness (QED) is 0.780. The molecule has 2 rings (SSSR count). The molecule has 0 amide bonds. The van der Waals surface area contributed by atoms with Crippen LogP contribution in [-0.4, -0.2) is 48.5 Å². The summed E-state index contributed by atoms with van der Waals surface area (Å²) in [7, 11) is 2.16. The zero-order valence-corrected chi connectivity index (χ0v) is 10.4. The van der Waals surface area contributed by atoms with E-state index in [-0.39, 0.29) is 6.10 Å². The Bertz CT molecular complexity index is 204. The lowest BCUT2D eigenvalue weighted by atomic mass is 9.92. The summed E-state index contributed by atoms with van der Waals surface area (Å²) in [6.07, 6.45) is 8.19. The van der Waals surface area contributed by atoms with Gasteiger partial charge in [-0.15, -0.1) is 0 Å². The fraction of sp³-hybridized carbons (Fsp3) is 1.00. The summed E-state index contributed by atoms with van der Waals surface area (Å²) in [4.78, 5) is 2.38. The van der Waals surface area contributed by atoms with Crippen LogP contribution in [-0.2, 0) is 4.74 Å². The van der Waals surface area contributed by atoms with Crippen molar-refractivity contribution in [3.8, 4) is 0 Å². The minimum absolute atomic E-state index is 0.133. The number of aliphatic hydroxyl groups is 1. The summed E-state index contributed by atoms with van der Waals surface area (Å²) in [5, 5.41) is 10.2. The number of ether oxygens (including phenoxy) is 1. The van der Waals surface area contributed by atoms with Crippen LogP contribution in [0.25, 0.3) is 0 Å². The molecular formula is C13H25NO2. The molecule has 3 atom stereocenters. The maximum atomic E-state index is 10.2. The molecule has 3 nitrogen and oxygen atoms in total. The highest BCUT2D eigenvalue weighted by Gasteiger charge is 2.30. The SMILES string of the molecule is CN(C1CCOC1)C1CCCCCCC1O. The second-order valence-electron chi connectivity index (χ2n) is 5.31. The van der Waals surface area contributed by atoms with Crippen molar-refractivity contribution < 1.29 is 9.84 Å². The van der Waals surface area contributed by atoms with E-state index in [1.165, 1.54) is 25.7 Å². The Morgan fingerprint density at radius 3 is 2.50 bits per heavy atom. The van der Waals surface area contributed by atoms with Crippen molar-refractivity contribution in [1.29, 1.82) is 0 Å². The molecule has 94 valence electrons. The first-order valence-corrected chi connectivity index (χ1v) is 6.77. The molecule has 1 N–H and O–H groups in total. The van der Waals surface area contributed by atoms with E-state index >= 15 is 0 Å². The minimum Gasteiger partial charge on any atom is -0.391 e. The molecule has 3 heteroatoms. The molecule has 0 radical (unpaired) electrons. The Hall–Kier alpha value is -0.120. The molecular weight excluding hydrogens is 202 g/mol. The average Bonchev–Trinajstić information content (AvgIpc) is 2.76. The zero-order chi connectivity index (χ0) is 11.4. The van der Waals surface area contributed by atoms with Crippen LogP contribution in [0.4, 0.5) is 0 Å². The lowest BCUT2D eigenvalue weighted by molar-refractivity contribution is 0.0209. The van der Waals surface area contributed by atoms with Crippen molar-refractivity contribution >= 4 is 0 Å². The topological polar surface area (TPSA) is 32.7 Å². The van der Waals surface area contributed by atoms with E-state index in [1.807, 2.05) is 0 Å². The standard InChI is InChI=1S/C13H25NO2/c1-14(11-8-9-16-10-11)12-6-4-2-3-5-7-13(12)15/h11-13,15H,2-10H2,1H3. The van der Waals surface area contributed by atoms with Gasteiger partial charge < -0.3 is 9.84 Å². The van der Waals surface area contributed by atoms with Crippen LogP contribution in [0.15, 0.2) is 0 Å². The third-order valence-electron chi connectivity index (χ3n) is 4.20. The van der Waals surface area contributed by atoms with Gasteiger partial charge in [-0.1, -0.05) is 25.7 Å². The van der Waals surface area contributed by atoms with Gasteiger partial charge in [-0.3, -0.25) is 4.90 Å². The molecule has 2 fully saturated rings. The highest BCUT2D eigenvalue weighted by atomic mass is 16.5. The predicted molar refractivity (Wildman–Crippen MR) is 64.5 cm³/mol. The first-order valence-electron chi connectivity index (χ1n) is 6.77. The monoisotopic (exact) mass is 227 g/mol. The van der Waals surface area contributed by atoms with Crippen LogP contribution in [0.2, 0.25) is 0 Å². The van der Waals surface area contributed by atoms with Crippen LogP contribution in [0.5, 0.6) is 0 Å². The molecule has 1 aliphatic carbocycles. The van der Waals surface area contributed by atoms with Crippen LogP contribution in [0.3, 0.4) is 0 Å². The molecule has 1 aliphatic heterocycles. The van der Waals surface area contributed by atoms with Crippen LogP contribution >= 0.6 is 0 Å². The van der Waals surface area contributed by atoms with Crippen molar-refractivity contribution in [2.75, 3.05) is 20.3 Å². The number of hydrogen-bond acceptors (Lipinski definition) is 3. The van der Waals surface area contributed by atoms with E-state index in [0.717, 1.165) is 32.5 Å². The van der Waals surface area contributed by atoms with E-state index in [2.05, 4.69) is 11.9 Å². The Morgan fingerprint density at radius 1 is 1.06 bits per heavy atom. The highest BCUT2D eigenvalue weighted by molar-refractivity contribution is 4.84. The second kappa shape index (κ2) is 5.99. The molecule has 1 heterocycles. The van der Waals surface area contributed by atoms with Gasteiger partial charge in [-0.2, -0.15) is 0 Å². The fourth-order valence-electron chi connectivity index (χ4n) is 3.03. The van der Waals surface area contributed by atoms with Crippen LogP contribution < -0.4 is 0 Å². The maximum Gasteiger partial charge on any atom is 0.0695 e. The Morgan fingerprint density at radius 2 is 1.81 bits per heavy atom. The number of rotatable bonds is 2. The first-order chi connectivity index (χ1) is 7.79. The van der Waals surface area contributed by atoms with E-state index in [1.54, 1.807) is 0 Å². The smallest absolute Gasteiger partial charge is 0.0695 e. The van der Waals surface area contributed by atoms with E-state index in [9.17, 15) is 5.11 Å². The normalized spacial score (nSPS) is 37.3. The van der Waals surface area contributed by atoms with Crippen molar-refractivity contribution in [2.45, 2.75) is 63.1 Å². The van der Waals surface area contributed by atoms with Gasteiger partial charge in [-0.05, 0) is 26.3 Å². The fourth-order valence-corrected chi connectivity index (χ4v) is 3.03. The van der Waals surface area contributed by atoms with Crippen molar-refractivity contribution in [3.63, 3.8) is 0 Å². The molecule has 0 spiro atoms. The van der Waals surface area contributed by atoms with Crippen molar-refractivity contribution in [3.05, 3.63) is 0 Å². The summed E-state index contributed by atoms with van der Waals surface area (Å²) in [5.41, 5.74) is 0. The van der Waals surface area contributed by atoms with Crippen LogP contribution in [0, 0.1) is 0 Å². The van der Waals surface area contributed by atoms with Gasteiger partial charge in [0.05, 0.1) is 12.7 Å². The highest BCUT2D eigenvalue weighted by Crippen LogP contribution is 2.24. The maximum absolute atomic E-state index is 10.2. The lowest BCUT2D eigenvalue weighted by Gasteiger charge is -2.36. The molecule has 0 aromatic rings. The molecule has 0 aromatic carbocycles. The van der Waals surface area contributed by atoms with Gasteiger partial charge in [0.15, 0.2) is 0 Å². The van der Waals surface area contributed by atoms with Gasteiger partial charge in [0.1, 0.15) is 0 Å². The third kappa shape index (κ3) is 2.96. The Kier molecular flexibility index (Phi) is 4.62. The van der Waals surface area contributed by atoms with Gasteiger partial charge in [-0.25, -0.2) is 0 Å². The number of nitrogens with zero attached hydrogens (tertiary/aromatic N) is 1. The Balaban J connectivity index is 1.92. The van der Waals surface area contributed by atoms with Gasteiger partial charge >= 0.3 is 0 Å². The zero-order valence-electron chi connectivity index (χ0n) is 10.4. The summed E-state index contributed by atoms with van der Waals surface area (Å²) >= 11 is 0. The summed E-state index contributed by atoms with van der Waals surface area (Å²) in [5.74, 6) is 0. The van der Waals surface area contributed by atoms with Gasteiger partial charge in [0.25, 0.3) is 0 Å². The van der Waals surface area contributed by atoms with Gasteiger partial charge in [0, 0.05) is 18.7 Å². The summed E-state index contributed by atoms with van der Waals surface area (Å²) < 4.78 is 5.44. The van der Waals surface area contributed by atoms with E-state index < -0.39 is 0 Å². The number of likely N-dealkylation sites (N-methyl/N-ethyl adjacent to an activating group) is 1. The largest absolute Gasteiger partial charge is 0.391 e. The van der Waals surface area contributed by atoms with Gasteiger partial charge in [0.2, 0.25) is 0 Å². The summed E-state index contributed by atoms with van der Waals surface area (Å²) in [6, 6.07) is 0.881. The van der Waals surface area contributed by atoms with E-state index in [0.29, 0.717) is 12.1 Å². The number of aliphatic hydroxyl groups excluding tert-OH is 1. The predicted octanol–water partition coefficient (Wildman–Crippen LogP) is 1.79. The summed E-state index contributed by atoms with van der Waals surface area (Å²) in [6.45, 7) is 1.73.